The second-order valence-corrected chi connectivity index (χ2v) is 4.63. The fourth-order valence-electron chi connectivity index (χ4n) is 1.18. The Hall–Kier alpha value is -1.16. The van der Waals surface area contributed by atoms with Crippen molar-refractivity contribution >= 4 is 11.8 Å². The molecule has 0 aromatic rings. The Morgan fingerprint density at radius 1 is 1.31 bits per heavy atom. The summed E-state index contributed by atoms with van der Waals surface area (Å²) in [5, 5.41) is 0. The van der Waals surface area contributed by atoms with Gasteiger partial charge in [-0.2, -0.15) is 0 Å². The summed E-state index contributed by atoms with van der Waals surface area (Å²) >= 11 is 0. The van der Waals surface area contributed by atoms with E-state index in [1.807, 2.05) is 21.0 Å². The van der Waals surface area contributed by atoms with E-state index in [0.717, 1.165) is 0 Å². The van der Waals surface area contributed by atoms with E-state index in [9.17, 15) is 9.59 Å². The summed E-state index contributed by atoms with van der Waals surface area (Å²) in [7, 11) is 3.89. The molecular weight excluding hydrogens is 206 g/mol. The molecule has 92 valence electrons. The first-order chi connectivity index (χ1) is 7.28. The molecule has 0 aliphatic carbocycles. The Kier molecular flexibility index (Phi) is 5.96. The lowest BCUT2D eigenvalue weighted by Gasteiger charge is -2.28. The molecule has 0 radical (unpaired) electrons. The minimum atomic E-state index is -0.373. The highest BCUT2D eigenvalue weighted by molar-refractivity contribution is 5.86. The number of esters is 1. The molecule has 0 heterocycles. The molecule has 0 bridgehead atoms. The molecule has 0 aromatic carbocycles. The molecule has 0 atom stereocenters. The van der Waals surface area contributed by atoms with Gasteiger partial charge in [-0.1, -0.05) is 13.5 Å². The third kappa shape index (κ3) is 6.35. The van der Waals surface area contributed by atoms with Crippen LogP contribution in [0, 0.1) is 0 Å². The van der Waals surface area contributed by atoms with Gasteiger partial charge in [0.15, 0.2) is 5.78 Å². The first-order valence-corrected chi connectivity index (χ1v) is 5.45. The fourth-order valence-corrected chi connectivity index (χ4v) is 1.18. The topological polar surface area (TPSA) is 43.4 Å². The summed E-state index contributed by atoms with van der Waals surface area (Å²) in [5.74, 6) is -0.155. The van der Waals surface area contributed by atoms with Gasteiger partial charge in [0, 0.05) is 12.0 Å². The summed E-state index contributed by atoms with van der Waals surface area (Å²) in [6.07, 6.45) is 0.549. The van der Waals surface area contributed by atoms with Gasteiger partial charge in [-0.05, 0) is 6.92 Å². The SMILES string of the molecule is C=C(C)C(=O)OCC[N+](C)(C)CC(=O)CC. The first kappa shape index (κ1) is 14.8. The predicted molar refractivity (Wildman–Crippen MR) is 62.9 cm³/mol. The molecule has 0 saturated heterocycles. The third-order valence-corrected chi connectivity index (χ3v) is 2.28. The van der Waals surface area contributed by atoms with Gasteiger partial charge in [-0.15, -0.1) is 0 Å². The molecule has 0 amide bonds. The van der Waals surface area contributed by atoms with Crippen molar-refractivity contribution < 1.29 is 18.8 Å². The maximum absolute atomic E-state index is 11.3. The van der Waals surface area contributed by atoms with Crippen molar-refractivity contribution in [3.63, 3.8) is 0 Å². The minimum absolute atomic E-state index is 0.219. The second kappa shape index (κ2) is 6.43. The highest BCUT2D eigenvalue weighted by atomic mass is 16.5. The van der Waals surface area contributed by atoms with E-state index in [4.69, 9.17) is 4.74 Å². The third-order valence-electron chi connectivity index (χ3n) is 2.28. The molecule has 4 nitrogen and oxygen atoms in total. The molecule has 4 heteroatoms. The quantitative estimate of drug-likeness (QED) is 0.373. The van der Waals surface area contributed by atoms with E-state index in [2.05, 4.69) is 6.58 Å². The molecule has 0 aromatic heterocycles. The van der Waals surface area contributed by atoms with E-state index in [1.54, 1.807) is 6.92 Å². The number of ether oxygens (including phenoxy) is 1. The Morgan fingerprint density at radius 2 is 1.88 bits per heavy atom. The maximum atomic E-state index is 11.3. The Morgan fingerprint density at radius 3 is 2.31 bits per heavy atom. The van der Waals surface area contributed by atoms with Gasteiger partial charge in [0.05, 0.1) is 14.1 Å². The number of likely N-dealkylation sites (N-methyl/N-ethyl adjacent to an activating group) is 1. The normalized spacial score (nSPS) is 11.0. The molecule has 0 saturated carbocycles. The lowest BCUT2D eigenvalue weighted by molar-refractivity contribution is -0.882. The number of carbonyl (C=O) groups excluding carboxylic acids is 2. The van der Waals surface area contributed by atoms with Crippen LogP contribution in [0.4, 0.5) is 0 Å². The van der Waals surface area contributed by atoms with Crippen molar-refractivity contribution in [1.29, 1.82) is 0 Å². The van der Waals surface area contributed by atoms with Crippen LogP contribution < -0.4 is 0 Å². The van der Waals surface area contributed by atoms with E-state index in [1.165, 1.54) is 0 Å². The van der Waals surface area contributed by atoms with Crippen LogP contribution >= 0.6 is 0 Å². The van der Waals surface area contributed by atoms with Crippen molar-refractivity contribution in [2.45, 2.75) is 20.3 Å². The van der Waals surface area contributed by atoms with Gasteiger partial charge in [-0.25, -0.2) is 4.79 Å². The summed E-state index contributed by atoms with van der Waals surface area (Å²) < 4.78 is 5.53. The standard InChI is InChI=1S/C12H22NO3/c1-6-11(14)9-13(4,5)7-8-16-12(15)10(2)3/h2,6-9H2,1,3-5H3/q+1. The van der Waals surface area contributed by atoms with Gasteiger partial charge in [0.25, 0.3) is 0 Å². The number of hydrogen-bond acceptors (Lipinski definition) is 3. The van der Waals surface area contributed by atoms with Crippen LogP contribution in [0.1, 0.15) is 20.3 Å². The van der Waals surface area contributed by atoms with Crippen LogP contribution in [0.3, 0.4) is 0 Å². The Bertz CT molecular complexity index is 282. The van der Waals surface area contributed by atoms with Crippen molar-refractivity contribution in [2.24, 2.45) is 0 Å². The zero-order valence-electron chi connectivity index (χ0n) is 10.7. The Balaban J connectivity index is 3.95. The zero-order chi connectivity index (χ0) is 12.8. The van der Waals surface area contributed by atoms with Crippen LogP contribution in [-0.2, 0) is 14.3 Å². The summed E-state index contributed by atoms with van der Waals surface area (Å²) in [5.41, 5.74) is 0.398. The van der Waals surface area contributed by atoms with Crippen LogP contribution in [-0.4, -0.2) is 50.0 Å². The minimum Gasteiger partial charge on any atom is -0.456 e. The number of rotatable bonds is 7. The number of ketones is 1. The van der Waals surface area contributed by atoms with Crippen molar-refractivity contribution in [2.75, 3.05) is 33.8 Å². The summed E-state index contributed by atoms with van der Waals surface area (Å²) in [6, 6.07) is 0. The summed E-state index contributed by atoms with van der Waals surface area (Å²) in [4.78, 5) is 22.4. The van der Waals surface area contributed by atoms with Crippen LogP contribution in [0.25, 0.3) is 0 Å². The second-order valence-electron chi connectivity index (χ2n) is 4.63. The van der Waals surface area contributed by atoms with Gasteiger partial charge in [-0.3, -0.25) is 4.79 Å². The molecule has 16 heavy (non-hydrogen) atoms. The summed E-state index contributed by atoms with van der Waals surface area (Å²) in [6.45, 7) is 8.38. The average Bonchev–Trinajstić information content (AvgIpc) is 2.16. The van der Waals surface area contributed by atoms with Crippen molar-refractivity contribution in [3.05, 3.63) is 12.2 Å². The number of hydrogen-bond donors (Lipinski definition) is 0. The monoisotopic (exact) mass is 228 g/mol. The number of carbonyl (C=O) groups is 2. The first-order valence-electron chi connectivity index (χ1n) is 5.45. The molecular formula is C12H22NO3+. The molecule has 0 unspecified atom stereocenters. The maximum Gasteiger partial charge on any atom is 0.333 e. The van der Waals surface area contributed by atoms with Crippen LogP contribution in [0.5, 0.6) is 0 Å². The van der Waals surface area contributed by atoms with E-state index in [-0.39, 0.29) is 11.8 Å². The Labute approximate surface area is 97.5 Å². The zero-order valence-corrected chi connectivity index (χ0v) is 10.7. The number of nitrogens with zero attached hydrogens (tertiary/aromatic N) is 1. The molecule has 0 fully saturated rings. The van der Waals surface area contributed by atoms with Gasteiger partial charge >= 0.3 is 5.97 Å². The molecule has 0 rings (SSSR count). The van der Waals surface area contributed by atoms with Crippen LogP contribution in [0.15, 0.2) is 12.2 Å². The number of Topliss-reactive ketones (excluding diaryl/α,β-unsaturated/α-hetero) is 1. The average molecular weight is 228 g/mol. The molecule has 0 N–H and O–H groups in total. The van der Waals surface area contributed by atoms with Crippen molar-refractivity contribution in [3.8, 4) is 0 Å². The van der Waals surface area contributed by atoms with E-state index >= 15 is 0 Å². The number of quaternary nitrogens is 1. The highest BCUT2D eigenvalue weighted by Gasteiger charge is 2.19. The fraction of sp³-hybridized carbons (Fsp3) is 0.667. The van der Waals surface area contributed by atoms with Crippen LogP contribution in [0.2, 0.25) is 0 Å². The lowest BCUT2D eigenvalue weighted by Crippen LogP contribution is -2.46. The largest absolute Gasteiger partial charge is 0.456 e. The van der Waals surface area contributed by atoms with Gasteiger partial charge < -0.3 is 9.22 Å². The van der Waals surface area contributed by atoms with Gasteiger partial charge in [0.2, 0.25) is 0 Å². The van der Waals surface area contributed by atoms with E-state index in [0.29, 0.717) is 36.2 Å². The van der Waals surface area contributed by atoms with Crippen molar-refractivity contribution in [1.82, 2.24) is 0 Å². The predicted octanol–water partition coefficient (Wildman–Crippen LogP) is 1.16. The smallest absolute Gasteiger partial charge is 0.333 e. The van der Waals surface area contributed by atoms with E-state index < -0.39 is 0 Å². The molecule has 0 spiro atoms. The molecule has 0 aliphatic rings. The molecule has 0 aliphatic heterocycles. The lowest BCUT2D eigenvalue weighted by atomic mass is 10.2. The highest BCUT2D eigenvalue weighted by Crippen LogP contribution is 2.00. The van der Waals surface area contributed by atoms with Gasteiger partial charge in [0.1, 0.15) is 19.7 Å².